The van der Waals surface area contributed by atoms with Crippen LogP contribution in [-0.2, 0) is 32.5 Å². The molecule has 3 rings (SSSR count). The molecule has 2 amide bonds. The minimum atomic E-state index is -0.774. The van der Waals surface area contributed by atoms with E-state index in [0.717, 1.165) is 17.0 Å². The number of hydrogen-bond acceptors (Lipinski definition) is 6. The average molecular weight is 475 g/mol. The molecular weight excluding hydrogens is 448 g/mol. The smallest absolute Gasteiger partial charge is 0.338 e. The summed E-state index contributed by atoms with van der Waals surface area (Å²) in [5, 5.41) is 10.2. The summed E-state index contributed by atoms with van der Waals surface area (Å²) in [6, 6.07) is 5.45. The summed E-state index contributed by atoms with van der Waals surface area (Å²) in [5.74, 6) is -1.07. The number of urea groups is 1. The first-order valence-electron chi connectivity index (χ1n) is 10.6. The standard InChI is InChI=1S/C23H27ClN4O5/c1-5-32-22(30)20-18(25-23(31)26-21(20)15-6-8-16(24)9-7-15)12-33-19(29)11-10-17-13(2)27-28(4)14(17)3/h6-9,21H,5,10-12H2,1-4H3,(H2,25,26,31)/t21-/m0/s1. The summed E-state index contributed by atoms with van der Waals surface area (Å²) in [6.45, 7) is 5.41. The molecule has 0 unspecified atom stereocenters. The van der Waals surface area contributed by atoms with Crippen molar-refractivity contribution in [1.82, 2.24) is 20.4 Å². The lowest BCUT2D eigenvalue weighted by Crippen LogP contribution is -2.47. The van der Waals surface area contributed by atoms with E-state index in [-0.39, 0.29) is 30.9 Å². The van der Waals surface area contributed by atoms with E-state index in [2.05, 4.69) is 15.7 Å². The fourth-order valence-electron chi connectivity index (χ4n) is 3.72. The number of amides is 2. The average Bonchev–Trinajstić information content (AvgIpc) is 3.01. The first-order valence-corrected chi connectivity index (χ1v) is 11.0. The second-order valence-electron chi connectivity index (χ2n) is 7.63. The summed E-state index contributed by atoms with van der Waals surface area (Å²) in [6.07, 6.45) is 0.623. The van der Waals surface area contributed by atoms with E-state index in [0.29, 0.717) is 17.0 Å². The number of ether oxygens (including phenoxy) is 2. The molecular formula is C23H27ClN4O5. The Morgan fingerprint density at radius 3 is 2.48 bits per heavy atom. The van der Waals surface area contributed by atoms with Gasteiger partial charge in [-0.15, -0.1) is 0 Å². The lowest BCUT2D eigenvalue weighted by atomic mass is 9.95. The Morgan fingerprint density at radius 1 is 1.18 bits per heavy atom. The van der Waals surface area contributed by atoms with E-state index in [9.17, 15) is 14.4 Å². The molecule has 9 nitrogen and oxygen atoms in total. The maximum Gasteiger partial charge on any atom is 0.338 e. The van der Waals surface area contributed by atoms with Crippen molar-refractivity contribution in [2.75, 3.05) is 13.2 Å². The summed E-state index contributed by atoms with van der Waals surface area (Å²) in [7, 11) is 1.85. The zero-order valence-corrected chi connectivity index (χ0v) is 19.8. The van der Waals surface area contributed by atoms with Crippen LogP contribution in [0, 0.1) is 13.8 Å². The Morgan fingerprint density at radius 2 is 1.88 bits per heavy atom. The van der Waals surface area contributed by atoms with Crippen molar-refractivity contribution in [3.05, 3.63) is 63.1 Å². The number of nitrogens with zero attached hydrogens (tertiary/aromatic N) is 2. The van der Waals surface area contributed by atoms with Crippen LogP contribution >= 0.6 is 11.6 Å². The number of halogens is 1. The molecule has 0 radical (unpaired) electrons. The number of aryl methyl sites for hydroxylation is 2. The highest BCUT2D eigenvalue weighted by atomic mass is 35.5. The third kappa shape index (κ3) is 5.73. The molecule has 2 N–H and O–H groups in total. The lowest BCUT2D eigenvalue weighted by Gasteiger charge is -2.29. The van der Waals surface area contributed by atoms with Gasteiger partial charge in [-0.25, -0.2) is 9.59 Å². The topological polar surface area (TPSA) is 112 Å². The van der Waals surface area contributed by atoms with E-state index in [1.54, 1.807) is 35.9 Å². The second-order valence-corrected chi connectivity index (χ2v) is 8.07. The van der Waals surface area contributed by atoms with Gasteiger partial charge in [-0.1, -0.05) is 23.7 Å². The predicted octanol–water partition coefficient (Wildman–Crippen LogP) is 3.04. The van der Waals surface area contributed by atoms with Gasteiger partial charge in [0.15, 0.2) is 0 Å². The molecule has 0 saturated heterocycles. The van der Waals surface area contributed by atoms with E-state index >= 15 is 0 Å². The van der Waals surface area contributed by atoms with Gasteiger partial charge < -0.3 is 20.1 Å². The highest BCUT2D eigenvalue weighted by Gasteiger charge is 2.34. The Kier molecular flexibility index (Phi) is 7.75. The van der Waals surface area contributed by atoms with Gasteiger partial charge in [-0.2, -0.15) is 5.10 Å². The van der Waals surface area contributed by atoms with E-state index in [1.165, 1.54) is 0 Å². The third-order valence-electron chi connectivity index (χ3n) is 5.47. The lowest BCUT2D eigenvalue weighted by molar-refractivity contribution is -0.143. The Bertz CT molecular complexity index is 1090. The molecule has 1 aliphatic heterocycles. The number of benzene rings is 1. The molecule has 0 aliphatic carbocycles. The fourth-order valence-corrected chi connectivity index (χ4v) is 3.84. The van der Waals surface area contributed by atoms with Gasteiger partial charge >= 0.3 is 18.0 Å². The van der Waals surface area contributed by atoms with Gasteiger partial charge in [0, 0.05) is 24.2 Å². The summed E-state index contributed by atoms with van der Waals surface area (Å²) in [4.78, 5) is 37.5. The number of aromatic nitrogens is 2. The van der Waals surface area contributed by atoms with Gasteiger partial charge in [0.1, 0.15) is 6.61 Å². The normalized spacial score (nSPS) is 15.7. The van der Waals surface area contributed by atoms with Gasteiger partial charge in [-0.3, -0.25) is 9.48 Å². The maximum absolute atomic E-state index is 12.8. The predicted molar refractivity (Wildman–Crippen MR) is 121 cm³/mol. The van der Waals surface area contributed by atoms with Crippen LogP contribution in [0.4, 0.5) is 4.79 Å². The molecule has 2 heterocycles. The van der Waals surface area contributed by atoms with E-state index in [1.807, 2.05) is 20.9 Å². The van der Waals surface area contributed by atoms with Crippen molar-refractivity contribution in [2.24, 2.45) is 7.05 Å². The highest BCUT2D eigenvalue weighted by Crippen LogP contribution is 2.29. The van der Waals surface area contributed by atoms with Crippen molar-refractivity contribution < 1.29 is 23.9 Å². The molecule has 10 heteroatoms. The first kappa shape index (κ1) is 24.3. The Balaban J connectivity index is 1.78. The second kappa shape index (κ2) is 10.5. The summed E-state index contributed by atoms with van der Waals surface area (Å²) in [5.41, 5.74) is 3.85. The van der Waals surface area contributed by atoms with Crippen molar-refractivity contribution in [2.45, 2.75) is 39.7 Å². The molecule has 176 valence electrons. The van der Waals surface area contributed by atoms with Crippen molar-refractivity contribution in [3.8, 4) is 0 Å². The zero-order chi connectivity index (χ0) is 24.1. The molecule has 1 aliphatic rings. The minimum absolute atomic E-state index is 0.141. The Labute approximate surface area is 197 Å². The van der Waals surface area contributed by atoms with Gasteiger partial charge in [0.25, 0.3) is 0 Å². The number of carbonyl (C=O) groups is 3. The minimum Gasteiger partial charge on any atom is -0.463 e. The quantitative estimate of drug-likeness (QED) is 0.569. The number of nitrogens with one attached hydrogen (secondary N) is 2. The molecule has 0 fully saturated rings. The number of hydrogen-bond donors (Lipinski definition) is 2. The fraction of sp³-hybridized carbons (Fsp3) is 0.391. The zero-order valence-electron chi connectivity index (χ0n) is 19.0. The molecule has 1 atom stereocenters. The van der Waals surface area contributed by atoms with E-state index in [4.69, 9.17) is 21.1 Å². The number of esters is 2. The van der Waals surface area contributed by atoms with E-state index < -0.39 is 24.0 Å². The number of rotatable bonds is 8. The SMILES string of the molecule is CCOC(=O)C1=C(COC(=O)CCc2c(C)nn(C)c2C)NC(=O)N[C@H]1c1ccc(Cl)cc1. The van der Waals surface area contributed by atoms with Gasteiger partial charge in [0.05, 0.1) is 29.6 Å². The molecule has 2 aromatic rings. The molecule has 0 spiro atoms. The van der Waals surface area contributed by atoms with Crippen molar-refractivity contribution in [1.29, 1.82) is 0 Å². The van der Waals surface area contributed by atoms with Crippen LogP contribution in [0.1, 0.15) is 41.9 Å². The van der Waals surface area contributed by atoms with Crippen LogP contribution in [0.2, 0.25) is 5.02 Å². The molecule has 1 aromatic heterocycles. The van der Waals surface area contributed by atoms with Crippen LogP contribution in [0.3, 0.4) is 0 Å². The van der Waals surface area contributed by atoms with Crippen LogP contribution in [0.25, 0.3) is 0 Å². The third-order valence-corrected chi connectivity index (χ3v) is 5.72. The monoisotopic (exact) mass is 474 g/mol. The Hall–Kier alpha value is -3.33. The van der Waals surface area contributed by atoms with Crippen LogP contribution in [0.5, 0.6) is 0 Å². The summed E-state index contributed by atoms with van der Waals surface area (Å²) >= 11 is 5.97. The van der Waals surface area contributed by atoms with Crippen LogP contribution < -0.4 is 10.6 Å². The molecule has 1 aromatic carbocycles. The van der Waals surface area contributed by atoms with Gasteiger partial charge in [-0.05, 0) is 50.5 Å². The number of carbonyl (C=O) groups excluding carboxylic acids is 3. The molecule has 33 heavy (non-hydrogen) atoms. The first-order chi connectivity index (χ1) is 15.7. The maximum atomic E-state index is 12.8. The van der Waals surface area contributed by atoms with Crippen molar-refractivity contribution in [3.63, 3.8) is 0 Å². The van der Waals surface area contributed by atoms with Crippen molar-refractivity contribution >= 4 is 29.6 Å². The largest absolute Gasteiger partial charge is 0.463 e. The molecule has 0 saturated carbocycles. The summed E-state index contributed by atoms with van der Waals surface area (Å²) < 4.78 is 12.4. The molecule has 0 bridgehead atoms. The van der Waals surface area contributed by atoms with Crippen LogP contribution in [0.15, 0.2) is 35.5 Å². The van der Waals surface area contributed by atoms with Gasteiger partial charge in [0.2, 0.25) is 0 Å². The highest BCUT2D eigenvalue weighted by molar-refractivity contribution is 6.30. The van der Waals surface area contributed by atoms with Crippen LogP contribution in [-0.4, -0.2) is 41.0 Å².